The van der Waals surface area contributed by atoms with E-state index < -0.39 is 26.1 Å². The Bertz CT molecular complexity index is 1110. The first-order valence-corrected chi connectivity index (χ1v) is 12.3. The summed E-state index contributed by atoms with van der Waals surface area (Å²) in [6.07, 6.45) is 1.47. The number of hydrogen-bond acceptors (Lipinski definition) is 5. The van der Waals surface area contributed by atoms with Crippen LogP contribution in [0.4, 0.5) is 5.69 Å². The minimum absolute atomic E-state index is 0.0603. The standard InChI is InChI=1S/C19H23N3O4S2/c1-4-28(25,26)21-17-8-6-5-7-16(17)18-13-19(22(20-18)27(3,23)24)15-11-9-14(2)10-12-15/h5-12,19,21H,4,13H2,1-3H3/t19-/m1/s1. The molecule has 0 saturated carbocycles. The molecule has 1 atom stereocenters. The lowest BCUT2D eigenvalue weighted by Gasteiger charge is -2.21. The monoisotopic (exact) mass is 421 g/mol. The highest BCUT2D eigenvalue weighted by Gasteiger charge is 2.35. The Balaban J connectivity index is 2.03. The van der Waals surface area contributed by atoms with Crippen LogP contribution in [0.2, 0.25) is 0 Å². The fourth-order valence-corrected chi connectivity index (χ4v) is 4.62. The van der Waals surface area contributed by atoms with E-state index in [4.69, 9.17) is 0 Å². The van der Waals surface area contributed by atoms with Gasteiger partial charge in [-0.1, -0.05) is 48.0 Å². The van der Waals surface area contributed by atoms with E-state index >= 15 is 0 Å². The molecule has 0 fully saturated rings. The van der Waals surface area contributed by atoms with Gasteiger partial charge in [0.05, 0.1) is 29.4 Å². The molecule has 0 bridgehead atoms. The molecule has 0 aliphatic carbocycles. The summed E-state index contributed by atoms with van der Waals surface area (Å²) in [5.41, 5.74) is 3.39. The second-order valence-electron chi connectivity index (χ2n) is 6.76. The van der Waals surface area contributed by atoms with E-state index in [-0.39, 0.29) is 5.75 Å². The van der Waals surface area contributed by atoms with E-state index in [2.05, 4.69) is 9.82 Å². The summed E-state index contributed by atoms with van der Waals surface area (Å²) in [5, 5.41) is 4.35. The van der Waals surface area contributed by atoms with E-state index in [0.717, 1.165) is 21.8 Å². The van der Waals surface area contributed by atoms with Gasteiger partial charge >= 0.3 is 0 Å². The van der Waals surface area contributed by atoms with Crippen LogP contribution in [0.15, 0.2) is 53.6 Å². The number of aryl methyl sites for hydroxylation is 1. The summed E-state index contributed by atoms with van der Waals surface area (Å²) < 4.78 is 52.4. The van der Waals surface area contributed by atoms with Gasteiger partial charge < -0.3 is 0 Å². The summed E-state index contributed by atoms with van der Waals surface area (Å²) in [6.45, 7) is 3.52. The molecule has 0 saturated heterocycles. The molecule has 1 aliphatic rings. The Morgan fingerprint density at radius 3 is 2.32 bits per heavy atom. The van der Waals surface area contributed by atoms with Crippen molar-refractivity contribution in [3.8, 4) is 0 Å². The van der Waals surface area contributed by atoms with Crippen LogP contribution in [0.25, 0.3) is 0 Å². The van der Waals surface area contributed by atoms with Crippen molar-refractivity contribution in [2.75, 3.05) is 16.7 Å². The van der Waals surface area contributed by atoms with Gasteiger partial charge in [-0.05, 0) is 25.5 Å². The predicted octanol–water partition coefficient (Wildman–Crippen LogP) is 2.87. The fraction of sp³-hybridized carbons (Fsp3) is 0.316. The van der Waals surface area contributed by atoms with Crippen LogP contribution in [-0.4, -0.2) is 39.0 Å². The molecule has 2 aromatic carbocycles. The SMILES string of the molecule is CCS(=O)(=O)Nc1ccccc1C1=NN(S(C)(=O)=O)[C@@H](c2ccc(C)cc2)C1. The van der Waals surface area contributed by atoms with Crippen molar-refractivity contribution < 1.29 is 16.8 Å². The second-order valence-corrected chi connectivity index (χ2v) is 10.6. The molecule has 28 heavy (non-hydrogen) atoms. The largest absolute Gasteiger partial charge is 0.283 e. The molecular formula is C19H23N3O4S2. The van der Waals surface area contributed by atoms with E-state index in [1.165, 1.54) is 0 Å². The molecule has 150 valence electrons. The van der Waals surface area contributed by atoms with Gasteiger partial charge in [0.2, 0.25) is 20.0 Å². The summed E-state index contributed by atoms with van der Waals surface area (Å²) >= 11 is 0. The van der Waals surface area contributed by atoms with Crippen LogP contribution in [0.1, 0.15) is 36.1 Å². The van der Waals surface area contributed by atoms with E-state index in [1.54, 1.807) is 31.2 Å². The molecule has 2 aromatic rings. The van der Waals surface area contributed by atoms with Gasteiger partial charge in [0.1, 0.15) is 0 Å². The average molecular weight is 422 g/mol. The molecule has 1 N–H and O–H groups in total. The average Bonchev–Trinajstić information content (AvgIpc) is 3.08. The molecular weight excluding hydrogens is 398 g/mol. The third-order valence-electron chi connectivity index (χ3n) is 4.56. The molecule has 1 heterocycles. The molecule has 0 spiro atoms. The number of nitrogens with one attached hydrogen (secondary N) is 1. The first-order valence-electron chi connectivity index (χ1n) is 8.84. The summed E-state index contributed by atoms with van der Waals surface area (Å²) in [6, 6.07) is 14.0. The maximum Gasteiger partial charge on any atom is 0.247 e. The molecule has 3 rings (SSSR count). The first-order chi connectivity index (χ1) is 13.1. The Morgan fingerprint density at radius 2 is 1.71 bits per heavy atom. The Morgan fingerprint density at radius 1 is 1.07 bits per heavy atom. The van der Waals surface area contributed by atoms with Gasteiger partial charge in [0.25, 0.3) is 0 Å². The molecule has 0 radical (unpaired) electrons. The van der Waals surface area contributed by atoms with Crippen LogP contribution in [0.3, 0.4) is 0 Å². The molecule has 1 aliphatic heterocycles. The molecule has 0 unspecified atom stereocenters. The number of rotatable bonds is 6. The number of anilines is 1. The number of para-hydroxylation sites is 1. The fourth-order valence-electron chi connectivity index (χ4n) is 3.06. The number of nitrogens with zero attached hydrogens (tertiary/aromatic N) is 2. The van der Waals surface area contributed by atoms with Crippen LogP contribution in [-0.2, 0) is 20.0 Å². The predicted molar refractivity (Wildman–Crippen MR) is 111 cm³/mol. The minimum atomic E-state index is -3.60. The van der Waals surface area contributed by atoms with Crippen molar-refractivity contribution in [3.05, 3.63) is 65.2 Å². The van der Waals surface area contributed by atoms with Crippen molar-refractivity contribution in [2.24, 2.45) is 5.10 Å². The zero-order valence-electron chi connectivity index (χ0n) is 16.0. The van der Waals surface area contributed by atoms with Crippen LogP contribution in [0, 0.1) is 6.92 Å². The lowest BCUT2D eigenvalue weighted by Crippen LogP contribution is -2.25. The van der Waals surface area contributed by atoms with Crippen molar-refractivity contribution in [3.63, 3.8) is 0 Å². The maximum absolute atomic E-state index is 12.3. The van der Waals surface area contributed by atoms with E-state index in [0.29, 0.717) is 23.4 Å². The highest BCUT2D eigenvalue weighted by molar-refractivity contribution is 7.92. The van der Waals surface area contributed by atoms with E-state index in [9.17, 15) is 16.8 Å². The molecule has 0 aromatic heterocycles. The van der Waals surface area contributed by atoms with Crippen molar-refractivity contribution in [1.29, 1.82) is 0 Å². The van der Waals surface area contributed by atoms with Crippen molar-refractivity contribution in [2.45, 2.75) is 26.3 Å². The first kappa shape index (κ1) is 20.3. The zero-order chi connectivity index (χ0) is 20.5. The zero-order valence-corrected chi connectivity index (χ0v) is 17.6. The summed E-state index contributed by atoms with van der Waals surface area (Å²) in [7, 11) is -7.07. The highest BCUT2D eigenvalue weighted by Crippen LogP contribution is 2.36. The second kappa shape index (κ2) is 7.56. The van der Waals surface area contributed by atoms with E-state index in [1.807, 2.05) is 31.2 Å². The number of benzene rings is 2. The Kier molecular flexibility index (Phi) is 5.49. The van der Waals surface area contributed by atoms with Gasteiger partial charge in [0, 0.05) is 12.0 Å². The number of hydrogen-bond donors (Lipinski definition) is 1. The van der Waals surface area contributed by atoms with Gasteiger partial charge in [-0.3, -0.25) is 4.72 Å². The summed E-state index contributed by atoms with van der Waals surface area (Å²) in [5.74, 6) is -0.0603. The van der Waals surface area contributed by atoms with Crippen molar-refractivity contribution >= 4 is 31.4 Å². The van der Waals surface area contributed by atoms with Gasteiger partial charge in [0.15, 0.2) is 0 Å². The lowest BCUT2D eigenvalue weighted by molar-refractivity contribution is 0.375. The van der Waals surface area contributed by atoms with Crippen LogP contribution < -0.4 is 4.72 Å². The summed E-state index contributed by atoms with van der Waals surface area (Å²) in [4.78, 5) is 0. The maximum atomic E-state index is 12.3. The number of sulfonamides is 2. The van der Waals surface area contributed by atoms with Crippen LogP contribution in [0.5, 0.6) is 0 Å². The third-order valence-corrected chi connectivity index (χ3v) is 6.86. The minimum Gasteiger partial charge on any atom is -0.283 e. The topological polar surface area (TPSA) is 95.9 Å². The van der Waals surface area contributed by atoms with Gasteiger partial charge in [-0.25, -0.2) is 16.8 Å². The Hall–Kier alpha value is -2.39. The van der Waals surface area contributed by atoms with Crippen LogP contribution >= 0.6 is 0 Å². The normalized spacial score (nSPS) is 17.5. The third kappa shape index (κ3) is 4.36. The molecule has 0 amide bonds. The van der Waals surface area contributed by atoms with Gasteiger partial charge in [-0.2, -0.15) is 9.52 Å². The lowest BCUT2D eigenvalue weighted by atomic mass is 9.98. The smallest absolute Gasteiger partial charge is 0.247 e. The molecule has 7 nitrogen and oxygen atoms in total. The molecule has 9 heteroatoms. The Labute approximate surface area is 166 Å². The number of hydrazone groups is 1. The highest BCUT2D eigenvalue weighted by atomic mass is 32.2. The van der Waals surface area contributed by atoms with Gasteiger partial charge in [-0.15, -0.1) is 0 Å². The van der Waals surface area contributed by atoms with Crippen molar-refractivity contribution in [1.82, 2.24) is 4.41 Å². The quantitative estimate of drug-likeness (QED) is 0.776.